The lowest BCUT2D eigenvalue weighted by Gasteiger charge is -2.06. The maximum atomic E-state index is 12.5. The molecule has 0 fully saturated rings. The number of anilines is 4. The molecule has 0 radical (unpaired) electrons. The fourth-order valence-corrected chi connectivity index (χ4v) is 4.25. The number of rotatable bonds is 10. The van der Waals surface area contributed by atoms with Gasteiger partial charge in [-0.15, -0.1) is 0 Å². The number of carbonyl (C=O) groups excluding carboxylic acids is 2. The molecule has 0 aliphatic carbocycles. The number of hydrogen-bond acceptors (Lipinski definition) is 12. The number of fused-ring (bicyclic) bond motifs is 2. The predicted octanol–water partition coefficient (Wildman–Crippen LogP) is 2.53. The van der Waals surface area contributed by atoms with Crippen molar-refractivity contribution >= 4 is 69.4 Å². The highest BCUT2D eigenvalue weighted by atomic mass is 16.4. The third-order valence-corrected chi connectivity index (χ3v) is 6.41. The summed E-state index contributed by atoms with van der Waals surface area (Å²) in [6, 6.07) is 10.4. The Bertz CT molecular complexity index is 1960. The molecule has 0 aliphatic rings. The smallest absolute Gasteiger partial charge is 0.228 e. The molecule has 43 heavy (non-hydrogen) atoms. The van der Waals surface area contributed by atoms with Crippen molar-refractivity contribution in [1.29, 1.82) is 0 Å². The maximum absolute atomic E-state index is 12.5. The minimum Gasteiger partial charge on any atom is -0.423 e. The summed E-state index contributed by atoms with van der Waals surface area (Å²) in [6.07, 6.45) is 7.89. The largest absolute Gasteiger partial charge is 0.423 e. The SMILES string of the molecule is Nc1ncnc2c1ncn2CCC(=O)Nc1ccc(C=Nc2ccc(NC(=O)CCn3cnc4c(N)ncnc43)o2)cc1. The highest BCUT2D eigenvalue weighted by Crippen LogP contribution is 2.22. The second kappa shape index (κ2) is 11.7. The zero-order valence-corrected chi connectivity index (χ0v) is 22.6. The van der Waals surface area contributed by atoms with Crippen molar-refractivity contribution in [2.24, 2.45) is 4.99 Å². The van der Waals surface area contributed by atoms with Gasteiger partial charge in [0.2, 0.25) is 23.6 Å². The van der Waals surface area contributed by atoms with Crippen LogP contribution in [0.25, 0.3) is 22.3 Å². The average Bonchev–Trinajstić information content (AvgIpc) is 3.74. The molecule has 2 amide bonds. The zero-order valence-electron chi connectivity index (χ0n) is 22.6. The number of aromatic nitrogens is 8. The van der Waals surface area contributed by atoms with Crippen molar-refractivity contribution in [2.75, 3.05) is 22.1 Å². The number of benzene rings is 1. The standard InChI is InChI=1S/C27H25N13O3/c28-24-22-26(33-12-31-24)39(14-35-22)9-7-18(41)37-17-3-1-16(2-4-17)11-30-20-5-6-21(43-20)38-19(42)8-10-40-15-36-23-25(29)32-13-34-27(23)40/h1-6,11-15H,7-10H2,(H,37,41)(H,38,42)(H2,28,31,33)(H2,29,32,34). The van der Waals surface area contributed by atoms with Crippen LogP contribution in [0.1, 0.15) is 18.4 Å². The molecule has 16 nitrogen and oxygen atoms in total. The molecule has 0 saturated heterocycles. The Morgan fingerprint density at radius 2 is 1.35 bits per heavy atom. The van der Waals surface area contributed by atoms with Gasteiger partial charge in [-0.05, 0) is 17.7 Å². The number of nitrogens with two attached hydrogens (primary N) is 2. The molecular weight excluding hydrogens is 554 g/mol. The normalized spacial score (nSPS) is 11.4. The van der Waals surface area contributed by atoms with Crippen LogP contribution >= 0.6 is 0 Å². The van der Waals surface area contributed by atoms with Gasteiger partial charge in [0, 0.05) is 50.0 Å². The van der Waals surface area contributed by atoms with Crippen molar-refractivity contribution in [3.63, 3.8) is 0 Å². The molecule has 216 valence electrons. The van der Waals surface area contributed by atoms with Gasteiger partial charge >= 0.3 is 0 Å². The number of aryl methyl sites for hydroxylation is 2. The number of nitrogens with one attached hydrogen (secondary N) is 2. The van der Waals surface area contributed by atoms with Gasteiger partial charge in [-0.2, -0.15) is 0 Å². The van der Waals surface area contributed by atoms with E-state index in [-0.39, 0.29) is 36.4 Å². The Morgan fingerprint density at radius 1 is 0.767 bits per heavy atom. The van der Waals surface area contributed by atoms with Crippen LogP contribution in [0.15, 0.2) is 71.1 Å². The Morgan fingerprint density at radius 3 is 1.95 bits per heavy atom. The highest BCUT2D eigenvalue weighted by Gasteiger charge is 2.12. The molecule has 1 aromatic carbocycles. The van der Waals surface area contributed by atoms with E-state index in [2.05, 4.69) is 45.5 Å². The number of nitrogen functional groups attached to an aromatic ring is 2. The van der Waals surface area contributed by atoms with Crippen LogP contribution < -0.4 is 22.1 Å². The predicted molar refractivity (Wildman–Crippen MR) is 158 cm³/mol. The van der Waals surface area contributed by atoms with Crippen molar-refractivity contribution in [1.82, 2.24) is 39.0 Å². The van der Waals surface area contributed by atoms with Crippen LogP contribution in [0.4, 0.5) is 29.1 Å². The summed E-state index contributed by atoms with van der Waals surface area (Å²) in [5.74, 6) is 0.771. The topological polar surface area (TPSA) is 223 Å². The Balaban J connectivity index is 0.970. The number of aliphatic imine (C=N–C) groups is 1. The van der Waals surface area contributed by atoms with Gasteiger partial charge in [0.15, 0.2) is 22.9 Å². The number of imidazole rings is 2. The van der Waals surface area contributed by atoms with E-state index < -0.39 is 0 Å². The van der Waals surface area contributed by atoms with Gasteiger partial charge < -0.3 is 30.3 Å². The number of hydrogen-bond donors (Lipinski definition) is 4. The third-order valence-electron chi connectivity index (χ3n) is 6.41. The molecule has 0 spiro atoms. The van der Waals surface area contributed by atoms with Crippen LogP contribution in [0, 0.1) is 0 Å². The molecular formula is C27H25N13O3. The summed E-state index contributed by atoms with van der Waals surface area (Å²) in [6.45, 7) is 0.746. The Kier molecular flexibility index (Phi) is 7.37. The summed E-state index contributed by atoms with van der Waals surface area (Å²) in [5.41, 5.74) is 15.2. The first-order chi connectivity index (χ1) is 20.9. The lowest BCUT2D eigenvalue weighted by Crippen LogP contribution is -2.14. The quantitative estimate of drug-likeness (QED) is 0.173. The van der Waals surface area contributed by atoms with Crippen LogP contribution in [0.2, 0.25) is 0 Å². The fourth-order valence-electron chi connectivity index (χ4n) is 4.25. The zero-order chi connectivity index (χ0) is 29.8. The van der Waals surface area contributed by atoms with Gasteiger partial charge in [0.05, 0.1) is 12.7 Å². The van der Waals surface area contributed by atoms with E-state index in [0.717, 1.165) is 5.56 Å². The number of nitrogens with zero attached hydrogens (tertiary/aromatic N) is 9. The van der Waals surface area contributed by atoms with E-state index >= 15 is 0 Å². The average molecular weight is 580 g/mol. The van der Waals surface area contributed by atoms with Gasteiger partial charge in [-0.3, -0.25) is 14.9 Å². The summed E-state index contributed by atoms with van der Waals surface area (Å²) < 4.78 is 9.09. The summed E-state index contributed by atoms with van der Waals surface area (Å²) in [7, 11) is 0. The number of carbonyl (C=O) groups is 2. The molecule has 0 bridgehead atoms. The highest BCUT2D eigenvalue weighted by molar-refractivity contribution is 5.92. The monoisotopic (exact) mass is 579 g/mol. The summed E-state index contributed by atoms with van der Waals surface area (Å²) in [5, 5.41) is 5.58. The second-order valence-electron chi connectivity index (χ2n) is 9.35. The first-order valence-electron chi connectivity index (χ1n) is 13.1. The van der Waals surface area contributed by atoms with E-state index in [1.165, 1.54) is 12.7 Å². The van der Waals surface area contributed by atoms with Crippen LogP contribution in [0.3, 0.4) is 0 Å². The van der Waals surface area contributed by atoms with E-state index in [1.54, 1.807) is 52.3 Å². The van der Waals surface area contributed by atoms with Crippen LogP contribution in [0.5, 0.6) is 0 Å². The first-order valence-corrected chi connectivity index (χ1v) is 13.1. The molecule has 0 saturated carbocycles. The first kappa shape index (κ1) is 27.0. The molecule has 16 heteroatoms. The van der Waals surface area contributed by atoms with Gasteiger partial charge in [0.25, 0.3) is 0 Å². The maximum Gasteiger partial charge on any atom is 0.228 e. The van der Waals surface area contributed by atoms with Crippen molar-refractivity contribution in [3.8, 4) is 0 Å². The summed E-state index contributed by atoms with van der Waals surface area (Å²) >= 11 is 0. The van der Waals surface area contributed by atoms with Gasteiger partial charge in [0.1, 0.15) is 23.7 Å². The molecule has 0 atom stereocenters. The molecule has 0 aliphatic heterocycles. The Labute approximate surface area is 242 Å². The third kappa shape index (κ3) is 6.12. The minimum atomic E-state index is -0.247. The van der Waals surface area contributed by atoms with E-state index in [4.69, 9.17) is 15.9 Å². The lowest BCUT2D eigenvalue weighted by molar-refractivity contribution is -0.117. The molecule has 6 N–H and O–H groups in total. The van der Waals surface area contributed by atoms with E-state index in [1.807, 2.05) is 12.1 Å². The van der Waals surface area contributed by atoms with Crippen molar-refractivity contribution in [3.05, 3.63) is 67.3 Å². The summed E-state index contributed by atoms with van der Waals surface area (Å²) in [4.78, 5) is 53.8. The van der Waals surface area contributed by atoms with Crippen molar-refractivity contribution in [2.45, 2.75) is 25.9 Å². The molecule has 6 rings (SSSR count). The van der Waals surface area contributed by atoms with E-state index in [0.29, 0.717) is 52.8 Å². The fraction of sp³-hybridized carbons (Fsp3) is 0.148. The molecule has 6 aromatic rings. The number of furan rings is 1. The van der Waals surface area contributed by atoms with Gasteiger partial charge in [-0.25, -0.2) is 34.9 Å². The van der Waals surface area contributed by atoms with Gasteiger partial charge in [-0.1, -0.05) is 12.1 Å². The lowest BCUT2D eigenvalue weighted by atomic mass is 10.2. The molecule has 5 aromatic heterocycles. The van der Waals surface area contributed by atoms with Crippen LogP contribution in [-0.2, 0) is 22.7 Å². The van der Waals surface area contributed by atoms with E-state index in [9.17, 15) is 9.59 Å². The minimum absolute atomic E-state index is 0.160. The second-order valence-corrected chi connectivity index (χ2v) is 9.35. The van der Waals surface area contributed by atoms with Crippen molar-refractivity contribution < 1.29 is 14.0 Å². The number of amides is 2. The molecule has 0 unspecified atom stereocenters. The van der Waals surface area contributed by atoms with Crippen LogP contribution in [-0.4, -0.2) is 57.1 Å². The Hall–Kier alpha value is -6.19. The molecule has 5 heterocycles.